The number of nitrogens with one attached hydrogen (secondary N) is 2. The number of ether oxygens (including phenoxy) is 1. The van der Waals surface area contributed by atoms with Crippen molar-refractivity contribution in [3.63, 3.8) is 0 Å². The molecular weight excluding hydrogens is 302 g/mol. The number of imidazole rings is 1. The predicted molar refractivity (Wildman–Crippen MR) is 78.9 cm³/mol. The summed E-state index contributed by atoms with van der Waals surface area (Å²) in [6, 6.07) is 7.23. The molecule has 23 heavy (non-hydrogen) atoms. The Labute approximate surface area is 128 Å². The lowest BCUT2D eigenvalue weighted by atomic mass is 10.1. The SMILES string of the molecule is O=C(COC(=O)c1cc[n+]([O-])cc1)c1ccc2[nH]c(=O)[nH]c2c1. The van der Waals surface area contributed by atoms with Crippen LogP contribution in [0.2, 0.25) is 0 Å². The van der Waals surface area contributed by atoms with Crippen LogP contribution in [-0.2, 0) is 4.74 Å². The monoisotopic (exact) mass is 313 g/mol. The number of nitrogens with zero attached hydrogens (tertiary/aromatic N) is 1. The number of pyridine rings is 1. The van der Waals surface area contributed by atoms with Crippen LogP contribution >= 0.6 is 0 Å². The molecule has 0 aliphatic rings. The summed E-state index contributed by atoms with van der Waals surface area (Å²) < 4.78 is 5.46. The number of ketones is 1. The first-order chi connectivity index (χ1) is 11.0. The largest absolute Gasteiger partial charge is 0.619 e. The maximum Gasteiger partial charge on any atom is 0.339 e. The first-order valence-electron chi connectivity index (χ1n) is 6.64. The second-order valence-electron chi connectivity index (χ2n) is 4.79. The number of H-pyrrole nitrogens is 2. The molecule has 0 saturated carbocycles. The first-order valence-corrected chi connectivity index (χ1v) is 6.64. The minimum absolute atomic E-state index is 0.176. The average Bonchev–Trinajstić information content (AvgIpc) is 2.92. The molecule has 0 amide bonds. The molecule has 0 unspecified atom stereocenters. The van der Waals surface area contributed by atoms with Gasteiger partial charge in [0.2, 0.25) is 0 Å². The fourth-order valence-electron chi connectivity index (χ4n) is 2.05. The van der Waals surface area contributed by atoms with Crippen LogP contribution in [0.15, 0.2) is 47.5 Å². The van der Waals surface area contributed by atoms with Gasteiger partial charge in [-0.15, -0.1) is 0 Å². The van der Waals surface area contributed by atoms with Crippen molar-refractivity contribution in [1.82, 2.24) is 9.97 Å². The van der Waals surface area contributed by atoms with Gasteiger partial charge in [-0.05, 0) is 18.2 Å². The smallest absolute Gasteiger partial charge is 0.339 e. The molecule has 0 spiro atoms. The number of benzene rings is 1. The van der Waals surface area contributed by atoms with Crippen LogP contribution < -0.4 is 10.4 Å². The molecular formula is C15H11N3O5. The third-order valence-corrected chi connectivity index (χ3v) is 3.21. The summed E-state index contributed by atoms with van der Waals surface area (Å²) in [5.74, 6) is -1.10. The van der Waals surface area contributed by atoms with Crippen molar-refractivity contribution in [2.75, 3.05) is 6.61 Å². The lowest BCUT2D eigenvalue weighted by Gasteiger charge is -2.04. The van der Waals surface area contributed by atoms with Gasteiger partial charge in [0.25, 0.3) is 0 Å². The molecule has 0 radical (unpaired) electrons. The van der Waals surface area contributed by atoms with Gasteiger partial charge >= 0.3 is 11.7 Å². The molecule has 2 aromatic heterocycles. The van der Waals surface area contributed by atoms with Crippen LogP contribution in [0, 0.1) is 5.21 Å². The van der Waals surface area contributed by atoms with Gasteiger partial charge in [0, 0.05) is 17.7 Å². The quantitative estimate of drug-likeness (QED) is 0.315. The molecule has 0 fully saturated rings. The van der Waals surface area contributed by atoms with Crippen molar-refractivity contribution < 1.29 is 19.1 Å². The summed E-state index contributed by atoms with van der Waals surface area (Å²) in [5.41, 5.74) is 1.20. The number of carbonyl (C=O) groups excluding carboxylic acids is 2. The van der Waals surface area contributed by atoms with Gasteiger partial charge in [-0.2, -0.15) is 4.73 Å². The lowest BCUT2D eigenvalue weighted by Crippen LogP contribution is -2.24. The van der Waals surface area contributed by atoms with Gasteiger partial charge in [-0.1, -0.05) is 0 Å². The molecule has 3 aromatic rings. The minimum Gasteiger partial charge on any atom is -0.619 e. The van der Waals surface area contributed by atoms with Gasteiger partial charge in [-0.3, -0.25) is 4.79 Å². The van der Waals surface area contributed by atoms with E-state index >= 15 is 0 Å². The number of hydrogen-bond acceptors (Lipinski definition) is 5. The Kier molecular flexibility index (Phi) is 3.63. The number of Topliss-reactive ketones (excluding diaryl/α,β-unsaturated/α-hetero) is 1. The van der Waals surface area contributed by atoms with E-state index in [0.717, 1.165) is 12.4 Å². The highest BCUT2D eigenvalue weighted by atomic mass is 16.5. The van der Waals surface area contributed by atoms with Crippen molar-refractivity contribution in [1.29, 1.82) is 0 Å². The Morgan fingerprint density at radius 3 is 2.48 bits per heavy atom. The van der Waals surface area contributed by atoms with Crippen LogP contribution in [-0.4, -0.2) is 28.3 Å². The Bertz CT molecular complexity index is 940. The van der Waals surface area contributed by atoms with E-state index in [1.54, 1.807) is 6.07 Å². The van der Waals surface area contributed by atoms with E-state index in [2.05, 4.69) is 9.97 Å². The number of hydrogen-bond donors (Lipinski definition) is 2. The molecule has 8 nitrogen and oxygen atoms in total. The molecule has 3 rings (SSSR count). The number of rotatable bonds is 4. The maximum absolute atomic E-state index is 12.1. The predicted octanol–water partition coefficient (Wildman–Crippen LogP) is 0.529. The Balaban J connectivity index is 1.69. The molecule has 0 saturated heterocycles. The van der Waals surface area contributed by atoms with Crippen LogP contribution in [0.1, 0.15) is 20.7 Å². The van der Waals surface area contributed by atoms with Crippen molar-refractivity contribution >= 4 is 22.8 Å². The molecule has 2 heterocycles. The summed E-state index contributed by atoms with van der Waals surface area (Å²) in [7, 11) is 0. The summed E-state index contributed by atoms with van der Waals surface area (Å²) in [6.45, 7) is -0.439. The summed E-state index contributed by atoms with van der Waals surface area (Å²) in [5, 5.41) is 10.9. The third kappa shape index (κ3) is 3.10. The highest BCUT2D eigenvalue weighted by Crippen LogP contribution is 2.11. The molecule has 8 heteroatoms. The molecule has 1 aromatic carbocycles. The highest BCUT2D eigenvalue weighted by molar-refractivity contribution is 6.01. The fourth-order valence-corrected chi connectivity index (χ4v) is 2.05. The number of carbonyl (C=O) groups is 2. The molecule has 2 N–H and O–H groups in total. The summed E-state index contributed by atoms with van der Waals surface area (Å²) >= 11 is 0. The fraction of sp³-hybridized carbons (Fsp3) is 0.0667. The zero-order valence-corrected chi connectivity index (χ0v) is 11.7. The van der Waals surface area contributed by atoms with Crippen molar-refractivity contribution in [3.05, 3.63) is 69.5 Å². The van der Waals surface area contributed by atoms with Crippen LogP contribution in [0.4, 0.5) is 0 Å². The van der Waals surface area contributed by atoms with E-state index in [9.17, 15) is 19.6 Å². The molecule has 0 aliphatic carbocycles. The number of aromatic amines is 2. The molecule has 0 atom stereocenters. The van der Waals surface area contributed by atoms with Crippen LogP contribution in [0.5, 0.6) is 0 Å². The topological polar surface area (TPSA) is 119 Å². The van der Waals surface area contributed by atoms with Crippen molar-refractivity contribution in [2.24, 2.45) is 0 Å². The van der Waals surface area contributed by atoms with Crippen LogP contribution in [0.3, 0.4) is 0 Å². The maximum atomic E-state index is 12.1. The number of fused-ring (bicyclic) bond motifs is 1. The van der Waals surface area contributed by atoms with E-state index in [4.69, 9.17) is 4.74 Å². The average molecular weight is 313 g/mol. The second-order valence-corrected chi connectivity index (χ2v) is 4.79. The first kappa shape index (κ1) is 14.5. The highest BCUT2D eigenvalue weighted by Gasteiger charge is 2.13. The van der Waals surface area contributed by atoms with Gasteiger partial charge < -0.3 is 19.9 Å². The van der Waals surface area contributed by atoms with E-state index < -0.39 is 18.4 Å². The van der Waals surface area contributed by atoms with Crippen molar-refractivity contribution in [3.8, 4) is 0 Å². The van der Waals surface area contributed by atoms with E-state index in [1.807, 2.05) is 0 Å². The van der Waals surface area contributed by atoms with Gasteiger partial charge in [-0.25, -0.2) is 9.59 Å². The van der Waals surface area contributed by atoms with Gasteiger partial charge in [0.15, 0.2) is 24.8 Å². The van der Waals surface area contributed by atoms with E-state index in [0.29, 0.717) is 21.3 Å². The molecule has 0 bridgehead atoms. The minimum atomic E-state index is -0.699. The Hall–Kier alpha value is -3.42. The standard InChI is InChI=1S/C15H11N3O5/c19-13(8-23-14(20)9-3-5-18(22)6-4-9)10-1-2-11-12(7-10)17-15(21)16-11/h1-7H,8H2,(H2,16,17,21). The zero-order valence-electron chi connectivity index (χ0n) is 11.7. The van der Waals surface area contributed by atoms with Crippen LogP contribution in [0.25, 0.3) is 11.0 Å². The lowest BCUT2D eigenvalue weighted by molar-refractivity contribution is -0.605. The second kappa shape index (κ2) is 5.76. The zero-order chi connectivity index (χ0) is 16.4. The van der Waals surface area contributed by atoms with Gasteiger partial charge in [0.05, 0.1) is 16.6 Å². The summed E-state index contributed by atoms with van der Waals surface area (Å²) in [6.07, 6.45) is 2.32. The summed E-state index contributed by atoms with van der Waals surface area (Å²) in [4.78, 5) is 40.1. The number of esters is 1. The Morgan fingerprint density at radius 2 is 1.74 bits per heavy atom. The normalized spacial score (nSPS) is 10.6. The number of aromatic nitrogens is 3. The van der Waals surface area contributed by atoms with E-state index in [-0.39, 0.29) is 11.3 Å². The van der Waals surface area contributed by atoms with Crippen molar-refractivity contribution in [2.45, 2.75) is 0 Å². The third-order valence-electron chi connectivity index (χ3n) is 3.21. The molecule has 116 valence electrons. The van der Waals surface area contributed by atoms with E-state index in [1.165, 1.54) is 24.3 Å². The van der Waals surface area contributed by atoms with Gasteiger partial charge in [0.1, 0.15) is 0 Å². The molecule has 0 aliphatic heterocycles. The Morgan fingerprint density at radius 1 is 1.04 bits per heavy atom.